The number of rotatable bonds is 6. The summed E-state index contributed by atoms with van der Waals surface area (Å²) in [6.07, 6.45) is -1.04. The van der Waals surface area contributed by atoms with Gasteiger partial charge in [-0.25, -0.2) is 0 Å². The van der Waals surface area contributed by atoms with Crippen molar-refractivity contribution in [3.05, 3.63) is 89.0 Å². The second-order valence-electron chi connectivity index (χ2n) is 10.1. The fourth-order valence-corrected chi connectivity index (χ4v) is 6.78. The lowest BCUT2D eigenvalue weighted by molar-refractivity contribution is -0.142. The van der Waals surface area contributed by atoms with E-state index in [0.717, 1.165) is 16.7 Å². The first-order chi connectivity index (χ1) is 17.7. The summed E-state index contributed by atoms with van der Waals surface area (Å²) in [4.78, 5) is 15.2. The molecule has 37 heavy (non-hydrogen) atoms. The highest BCUT2D eigenvalue weighted by atomic mass is 16.5. The van der Waals surface area contributed by atoms with E-state index in [2.05, 4.69) is 0 Å². The molecule has 1 saturated carbocycles. The molecule has 194 valence electrons. The number of nitrogens with zero attached hydrogens (tertiary/aromatic N) is 1. The molecule has 3 aromatic rings. The molecular weight excluding hydrogens is 470 g/mol. The molecule has 0 spiro atoms. The molecule has 0 radical (unpaired) electrons. The van der Waals surface area contributed by atoms with E-state index in [1.165, 1.54) is 12.0 Å². The van der Waals surface area contributed by atoms with Gasteiger partial charge < -0.3 is 29.3 Å². The molecule has 7 heteroatoms. The molecule has 2 aliphatic carbocycles. The van der Waals surface area contributed by atoms with Crippen LogP contribution in [0.3, 0.4) is 0 Å². The highest BCUT2D eigenvalue weighted by Gasteiger charge is 2.75. The van der Waals surface area contributed by atoms with Gasteiger partial charge in [-0.05, 0) is 41.3 Å². The number of benzene rings is 3. The standard InChI is InChI=1S/C30H33NO6/c1-31(2)28(33)24-26(18-9-7-6-8-10-18)29(20-11-13-21(35-3)14-12-20)17-19-15-22(36-4)16-23(37-5)25(19)30(29,34)27(24)32/h6-16,24,26-27,32,34H,17H2,1-5H3/t24-,26-,27-,29-,30+/m1/s1. The average Bonchev–Trinajstić information content (AvgIpc) is 3.30. The topological polar surface area (TPSA) is 88.5 Å². The highest BCUT2D eigenvalue weighted by molar-refractivity contribution is 5.83. The van der Waals surface area contributed by atoms with Crippen LogP contribution < -0.4 is 14.2 Å². The molecule has 5 rings (SSSR count). The van der Waals surface area contributed by atoms with Gasteiger partial charge in [0.05, 0.1) is 27.2 Å². The fourth-order valence-electron chi connectivity index (χ4n) is 6.78. The normalized spacial score (nSPS) is 27.8. The number of carbonyl (C=O) groups is 1. The van der Waals surface area contributed by atoms with E-state index in [-0.39, 0.29) is 5.91 Å². The molecule has 3 aromatic carbocycles. The summed E-state index contributed by atoms with van der Waals surface area (Å²) in [7, 11) is 8.07. The van der Waals surface area contributed by atoms with E-state index in [1.807, 2.05) is 60.7 Å². The van der Waals surface area contributed by atoms with Crippen molar-refractivity contribution in [2.24, 2.45) is 5.92 Å². The van der Waals surface area contributed by atoms with E-state index >= 15 is 0 Å². The van der Waals surface area contributed by atoms with Crippen LogP contribution in [0.25, 0.3) is 0 Å². The van der Waals surface area contributed by atoms with Gasteiger partial charge in [0.15, 0.2) is 0 Å². The third-order valence-corrected chi connectivity index (χ3v) is 8.29. The third-order valence-electron chi connectivity index (χ3n) is 8.29. The Bertz CT molecular complexity index is 1310. The fraction of sp³-hybridized carbons (Fsp3) is 0.367. The maximum absolute atomic E-state index is 13.7. The van der Waals surface area contributed by atoms with E-state index in [9.17, 15) is 15.0 Å². The van der Waals surface area contributed by atoms with Crippen molar-refractivity contribution < 1.29 is 29.2 Å². The summed E-state index contributed by atoms with van der Waals surface area (Å²) in [5.41, 5.74) is 0.0607. The molecule has 0 heterocycles. The maximum Gasteiger partial charge on any atom is 0.228 e. The van der Waals surface area contributed by atoms with Gasteiger partial charge in [0, 0.05) is 37.1 Å². The zero-order valence-corrected chi connectivity index (χ0v) is 21.8. The predicted molar refractivity (Wildman–Crippen MR) is 139 cm³/mol. The summed E-state index contributed by atoms with van der Waals surface area (Å²) in [6.45, 7) is 0. The van der Waals surface area contributed by atoms with E-state index < -0.39 is 29.0 Å². The smallest absolute Gasteiger partial charge is 0.228 e. The Morgan fingerprint density at radius 1 is 0.919 bits per heavy atom. The van der Waals surface area contributed by atoms with Gasteiger partial charge >= 0.3 is 0 Å². The molecular formula is C30H33NO6. The minimum absolute atomic E-state index is 0.244. The van der Waals surface area contributed by atoms with Gasteiger partial charge in [-0.3, -0.25) is 4.79 Å². The van der Waals surface area contributed by atoms with Gasteiger partial charge in [0.25, 0.3) is 0 Å². The number of methoxy groups -OCH3 is 3. The molecule has 2 N–H and O–H groups in total. The number of fused-ring (bicyclic) bond motifs is 3. The summed E-state index contributed by atoms with van der Waals surface area (Å²) >= 11 is 0. The lowest BCUT2D eigenvalue weighted by Gasteiger charge is -2.43. The number of aliphatic hydroxyl groups is 2. The average molecular weight is 504 g/mol. The SMILES string of the molecule is COc1ccc([C@@]23Cc4cc(OC)cc(OC)c4[C@]2(O)[C@H](O)[C@H](C(=O)N(C)C)[C@H]3c2ccccc2)cc1. The number of hydrogen-bond donors (Lipinski definition) is 2. The Morgan fingerprint density at radius 2 is 1.57 bits per heavy atom. The van der Waals surface area contributed by atoms with Crippen LogP contribution in [0.4, 0.5) is 0 Å². The Labute approximate surface area is 217 Å². The molecule has 7 nitrogen and oxygen atoms in total. The van der Waals surface area contributed by atoms with Crippen molar-refractivity contribution >= 4 is 5.91 Å². The summed E-state index contributed by atoms with van der Waals surface area (Å²) in [5.74, 6) is -0.00315. The Morgan fingerprint density at radius 3 is 2.14 bits per heavy atom. The molecule has 2 aliphatic rings. The van der Waals surface area contributed by atoms with Crippen LogP contribution in [0, 0.1) is 5.92 Å². The quantitative estimate of drug-likeness (QED) is 0.537. The Hall–Kier alpha value is -3.55. The Kier molecular flexibility index (Phi) is 6.16. The van der Waals surface area contributed by atoms with Gasteiger partial charge in [-0.1, -0.05) is 42.5 Å². The summed E-state index contributed by atoms with van der Waals surface area (Å²) < 4.78 is 16.7. The monoisotopic (exact) mass is 503 g/mol. The minimum Gasteiger partial charge on any atom is -0.497 e. The molecule has 5 atom stereocenters. The van der Waals surface area contributed by atoms with Crippen molar-refractivity contribution in [1.82, 2.24) is 4.90 Å². The largest absolute Gasteiger partial charge is 0.497 e. The molecule has 0 aliphatic heterocycles. The number of carbonyl (C=O) groups excluding carboxylic acids is 1. The van der Waals surface area contributed by atoms with Gasteiger partial charge in [0.2, 0.25) is 5.91 Å². The summed E-state index contributed by atoms with van der Waals surface area (Å²) in [5, 5.41) is 25.0. The molecule has 0 unspecified atom stereocenters. The first-order valence-electron chi connectivity index (χ1n) is 12.3. The van der Waals surface area contributed by atoms with Crippen LogP contribution >= 0.6 is 0 Å². The van der Waals surface area contributed by atoms with Gasteiger partial charge in [-0.15, -0.1) is 0 Å². The second-order valence-corrected chi connectivity index (χ2v) is 10.1. The van der Waals surface area contributed by atoms with Crippen molar-refractivity contribution in [3.63, 3.8) is 0 Å². The van der Waals surface area contributed by atoms with Crippen LogP contribution in [0.2, 0.25) is 0 Å². The van der Waals surface area contributed by atoms with Crippen LogP contribution in [-0.4, -0.2) is 62.5 Å². The predicted octanol–water partition coefficient (Wildman–Crippen LogP) is 3.26. The van der Waals surface area contributed by atoms with Crippen LogP contribution in [0.1, 0.15) is 28.2 Å². The number of ether oxygens (including phenoxy) is 3. The van der Waals surface area contributed by atoms with Crippen molar-refractivity contribution in [2.45, 2.75) is 29.5 Å². The third kappa shape index (κ3) is 3.37. The molecule has 0 saturated heterocycles. The lowest BCUT2D eigenvalue weighted by Crippen LogP contribution is -2.50. The molecule has 1 amide bonds. The van der Waals surface area contributed by atoms with E-state index in [4.69, 9.17) is 14.2 Å². The van der Waals surface area contributed by atoms with E-state index in [1.54, 1.807) is 34.4 Å². The second kappa shape index (κ2) is 9.08. The number of hydrogen-bond acceptors (Lipinski definition) is 6. The molecule has 1 fully saturated rings. The Balaban J connectivity index is 1.88. The van der Waals surface area contributed by atoms with Gasteiger partial charge in [0.1, 0.15) is 29.0 Å². The molecule has 0 bridgehead atoms. The van der Waals surface area contributed by atoms with Crippen molar-refractivity contribution in [1.29, 1.82) is 0 Å². The van der Waals surface area contributed by atoms with Crippen LogP contribution in [0.5, 0.6) is 17.2 Å². The summed E-state index contributed by atoms with van der Waals surface area (Å²) in [6, 6.07) is 20.8. The first-order valence-corrected chi connectivity index (χ1v) is 12.3. The zero-order valence-electron chi connectivity index (χ0n) is 21.8. The number of amides is 1. The first kappa shape index (κ1) is 25.1. The van der Waals surface area contributed by atoms with Gasteiger partial charge in [-0.2, -0.15) is 0 Å². The zero-order chi connectivity index (χ0) is 26.5. The van der Waals surface area contributed by atoms with Crippen molar-refractivity contribution in [3.8, 4) is 17.2 Å². The lowest BCUT2D eigenvalue weighted by atomic mass is 9.62. The maximum atomic E-state index is 13.7. The van der Waals surface area contributed by atoms with Crippen molar-refractivity contribution in [2.75, 3.05) is 35.4 Å². The van der Waals surface area contributed by atoms with E-state index in [0.29, 0.717) is 29.2 Å². The minimum atomic E-state index is -1.83. The molecule has 0 aromatic heterocycles. The highest BCUT2D eigenvalue weighted by Crippen LogP contribution is 2.70. The number of aliphatic hydroxyl groups excluding tert-OH is 1. The van der Waals surface area contributed by atoms with Crippen LogP contribution in [-0.2, 0) is 22.2 Å². The van der Waals surface area contributed by atoms with Crippen LogP contribution in [0.15, 0.2) is 66.7 Å².